The van der Waals surface area contributed by atoms with E-state index in [1.165, 1.54) is 22.8 Å². The van der Waals surface area contributed by atoms with Crippen LogP contribution in [-0.2, 0) is 34.4 Å². The number of nitriles is 3. The molecule has 0 saturated heterocycles. The number of nitrogens with two attached hydrogens (primary N) is 1. The van der Waals surface area contributed by atoms with Gasteiger partial charge in [-0.05, 0) is 230 Å². The molecule has 124 heavy (non-hydrogen) atoms. The zero-order valence-electron chi connectivity index (χ0n) is 70.7. The molecule has 642 valence electrons. The number of sulfonamides is 1. The maximum absolute atomic E-state index is 12.6. The smallest absolute Gasteiger partial charge is 0.225 e. The predicted octanol–water partition coefficient (Wildman–Crippen LogP) is 20.9. The van der Waals surface area contributed by atoms with Crippen molar-refractivity contribution >= 4 is 143 Å². The van der Waals surface area contributed by atoms with Crippen molar-refractivity contribution < 1.29 is 25.8 Å². The second-order valence-electron chi connectivity index (χ2n) is 32.9. The van der Waals surface area contributed by atoms with E-state index < -0.39 is 29.6 Å². The zero-order valence-corrected chi connectivity index (χ0v) is 76.2. The van der Waals surface area contributed by atoms with Gasteiger partial charge in [-0.1, -0.05) is 53.8 Å². The average molecular weight is 1800 g/mol. The van der Waals surface area contributed by atoms with Gasteiger partial charge in [0, 0.05) is 232 Å². The Morgan fingerprint density at radius 2 is 0.903 bits per heavy atom. The Balaban J connectivity index is 0.000000150. The summed E-state index contributed by atoms with van der Waals surface area (Å²) < 4.78 is 74.0. The third-order valence-corrected chi connectivity index (χ3v) is 30.0. The van der Waals surface area contributed by atoms with E-state index in [1.807, 2.05) is 104 Å². The number of nitrogens with zero attached hydrogens (tertiary/aromatic N) is 15. The van der Waals surface area contributed by atoms with E-state index in [-0.39, 0.29) is 47.5 Å². The molecule has 0 radical (unpaired) electrons. The first-order chi connectivity index (χ1) is 58.3. The van der Waals surface area contributed by atoms with Gasteiger partial charge in [-0.3, -0.25) is 28.9 Å². The van der Waals surface area contributed by atoms with Gasteiger partial charge < -0.3 is 28.9 Å². The monoisotopic (exact) mass is 1800 g/mol. The molecule has 0 bridgehead atoms. The number of carbonyl (C=O) groups is 1. The molecular weight excluding hydrogens is 1700 g/mol. The van der Waals surface area contributed by atoms with Gasteiger partial charge in [0.15, 0.2) is 15.5 Å². The summed E-state index contributed by atoms with van der Waals surface area (Å²) in [7, 11) is -1.99. The molecule has 3 fully saturated rings. The average Bonchev–Trinajstić information content (AvgIpc) is 1.62. The standard InChI is InChI=1S/C25H27ClN4O.C24H27ClN4O2S.C22H24ClN5OS.C22H17ClN4O2S.CH4/c1-15-9-23-20(10-18(15)11-27)22(21-13-28-12-16(2)24(21)26)14-30(23)19-7-5-17(6-8-19)25(31)29(3)4;1-15-9-23-20(10-17(15)11-26)22(21-13-27-12-16(2)24(21)25)14-29(23)18-5-7-19(8-6-18)32(30,31)28(3)4;1-13-6-21-17(7-14(13)9-24)19(18-10-26-11-20(25)22(18)23)12-28(21)16-5-4-15(8-16)27-30(2,3)29;1-13-7-20-16(8-19(13)24-3)18(17-11-25-9-14(2)22(17)23)12-27(20)21-6-5-15(10-26-21)30(4,28)29;/h9-10,12-14,17,19H,5-8H2,1-4H3;9-10,12-14,18-19H,5-8H2,1-4H3;6-7,10-12,15-16H,2,4-5,8,25H2,1,3H3,(H,27,29);5-12H,1-2,4H3;1H4/t;;15-,16-,30?;;/m..1../s1. The van der Waals surface area contributed by atoms with Gasteiger partial charge in [-0.2, -0.15) is 15.8 Å². The summed E-state index contributed by atoms with van der Waals surface area (Å²) in [6.45, 7) is 21.0. The lowest BCUT2D eigenvalue weighted by molar-refractivity contribution is -0.134. The fourth-order valence-electron chi connectivity index (χ4n) is 17.2. The number of amides is 1. The Kier molecular flexibility index (Phi) is 27.8. The van der Waals surface area contributed by atoms with Gasteiger partial charge in [0.05, 0.1) is 89.1 Å². The number of hydrogen-bond donors (Lipinski definition) is 2. The summed E-state index contributed by atoms with van der Waals surface area (Å²) in [4.78, 5) is 39.4. The van der Waals surface area contributed by atoms with Crippen LogP contribution < -0.4 is 10.5 Å². The summed E-state index contributed by atoms with van der Waals surface area (Å²) in [6, 6.07) is 26.7. The summed E-state index contributed by atoms with van der Waals surface area (Å²) in [6.07, 6.45) is 35.3. The first-order valence-corrected chi connectivity index (χ1v) is 47.2. The maximum Gasteiger partial charge on any atom is 0.225 e. The lowest BCUT2D eigenvalue weighted by atomic mass is 9.85. The van der Waals surface area contributed by atoms with Crippen molar-refractivity contribution in [3.63, 3.8) is 0 Å². The molecule has 30 heteroatoms. The number of fused-ring (bicyclic) bond motifs is 4. The van der Waals surface area contributed by atoms with Crippen LogP contribution >= 0.6 is 46.4 Å². The number of sulfone groups is 1. The van der Waals surface area contributed by atoms with Gasteiger partial charge in [-0.15, -0.1) is 0 Å². The number of rotatable bonds is 14. The van der Waals surface area contributed by atoms with E-state index in [9.17, 15) is 41.6 Å². The van der Waals surface area contributed by atoms with Gasteiger partial charge in [0.25, 0.3) is 0 Å². The molecule has 3 saturated carbocycles. The van der Waals surface area contributed by atoms with Crippen molar-refractivity contribution in [2.24, 2.45) is 5.92 Å². The highest BCUT2D eigenvalue weighted by molar-refractivity contribution is 7.97. The summed E-state index contributed by atoms with van der Waals surface area (Å²) >= 11 is 26.4. The van der Waals surface area contributed by atoms with E-state index in [4.69, 9.17) is 58.7 Å². The van der Waals surface area contributed by atoms with Crippen LogP contribution in [0.4, 0.5) is 11.4 Å². The fraction of sp³-hybridized carbons (Fsp3) is 0.330. The Bertz CT molecular complexity index is 6910. The van der Waals surface area contributed by atoms with Gasteiger partial charge in [0.1, 0.15) is 5.82 Å². The number of hydrogen-bond acceptors (Lipinski definition) is 15. The number of benzene rings is 4. The van der Waals surface area contributed by atoms with E-state index in [0.29, 0.717) is 72.9 Å². The number of pyridine rings is 5. The molecule has 0 spiro atoms. The fourth-order valence-corrected chi connectivity index (χ4v) is 20.9. The Hall–Kier alpha value is -11.0. The number of aromatic nitrogens is 9. The first-order valence-electron chi connectivity index (χ1n) is 40.1. The van der Waals surface area contributed by atoms with Crippen LogP contribution in [0.25, 0.3) is 98.8 Å². The molecule has 1 unspecified atom stereocenters. The minimum atomic E-state index is -3.34. The Morgan fingerprint density at radius 1 is 0.508 bits per heavy atom. The quantitative estimate of drug-likeness (QED) is 0.0755. The van der Waals surface area contributed by atoms with Crippen LogP contribution in [0.5, 0.6) is 0 Å². The topological polar surface area (TPSA) is 307 Å². The number of nitrogens with one attached hydrogen (secondary N) is 1. The van der Waals surface area contributed by atoms with Crippen molar-refractivity contribution in [2.45, 2.75) is 161 Å². The molecule has 3 N–H and O–H groups in total. The molecule has 9 aromatic heterocycles. The van der Waals surface area contributed by atoms with E-state index >= 15 is 0 Å². The van der Waals surface area contributed by atoms with Crippen molar-refractivity contribution in [1.82, 2.24) is 57.1 Å². The summed E-state index contributed by atoms with van der Waals surface area (Å²) in [5.41, 5.74) is 26.1. The van der Waals surface area contributed by atoms with Crippen LogP contribution in [0.15, 0.2) is 146 Å². The number of carbonyl (C=O) groups excluding carboxylic acids is 1. The number of halogens is 4. The molecular formula is C94H99Cl4N17O6S3. The Morgan fingerprint density at radius 3 is 1.30 bits per heavy atom. The van der Waals surface area contributed by atoms with Crippen LogP contribution in [0.2, 0.25) is 20.1 Å². The van der Waals surface area contributed by atoms with Gasteiger partial charge >= 0.3 is 0 Å². The van der Waals surface area contributed by atoms with Crippen LogP contribution in [0.1, 0.15) is 152 Å². The molecule has 1 amide bonds. The minimum absolute atomic E-state index is 0. The Labute approximate surface area is 746 Å². The lowest BCUT2D eigenvalue weighted by Gasteiger charge is -2.31. The number of aryl methyl sites for hydroxylation is 7. The van der Waals surface area contributed by atoms with Crippen molar-refractivity contribution in [2.75, 3.05) is 46.4 Å². The van der Waals surface area contributed by atoms with Crippen molar-refractivity contribution in [3.05, 3.63) is 228 Å². The highest BCUT2D eigenvalue weighted by Crippen LogP contribution is 2.47. The molecule has 3 atom stereocenters. The third-order valence-electron chi connectivity index (χ3n) is 23.8. The minimum Gasteiger partial charge on any atom is -0.396 e. The van der Waals surface area contributed by atoms with Crippen LogP contribution in [0, 0.1) is 94.9 Å². The molecule has 4 aromatic carbocycles. The number of nitrogen functional groups attached to an aromatic ring is 1. The van der Waals surface area contributed by atoms with Crippen molar-refractivity contribution in [1.29, 1.82) is 15.8 Å². The SMILES string of the molecule is C.C=S(C)(=O)N[C@@H]1CC[C@@H](n2cc(-c3cncc(N)c3Cl)c3cc(C#N)c(C)cc32)C1.Cc1cc2c(cc1C#N)c(-c1cncc(C)c1Cl)cn2C1CCC(C(=O)N(C)C)CC1.Cc1cc2c(cc1C#N)c(-c1cncc(C)c1Cl)cn2C1CCC(S(=O)(=O)N(C)C)CC1.[C-]#[N+]c1cc2c(-c3cncc(C)c3Cl)cn(-c3ccc(S(C)(=O)=O)cn3)c2cc1C. The maximum atomic E-state index is 12.6. The second-order valence-corrected chi connectivity index (χ2v) is 41.1. The van der Waals surface area contributed by atoms with Crippen molar-refractivity contribution in [3.8, 4) is 68.5 Å². The van der Waals surface area contributed by atoms with Gasteiger partial charge in [0.2, 0.25) is 15.9 Å². The van der Waals surface area contributed by atoms with Gasteiger partial charge in [-0.25, -0.2) is 35.7 Å². The molecule has 3 aliphatic rings. The van der Waals surface area contributed by atoms with Crippen LogP contribution in [0.3, 0.4) is 0 Å². The molecule has 3 aliphatic carbocycles. The van der Waals surface area contributed by atoms with E-state index in [0.717, 1.165) is 191 Å². The van der Waals surface area contributed by atoms with E-state index in [1.54, 1.807) is 74.7 Å². The first kappa shape index (κ1) is 92.2. The largest absolute Gasteiger partial charge is 0.396 e. The highest BCUT2D eigenvalue weighted by atomic mass is 35.5. The molecule has 0 aliphatic heterocycles. The third kappa shape index (κ3) is 18.8. The lowest BCUT2D eigenvalue weighted by Crippen LogP contribution is -2.36. The number of anilines is 1. The normalized spacial score (nSPS) is 17.5. The molecule has 13 aromatic rings. The van der Waals surface area contributed by atoms with E-state index in [2.05, 4.69) is 109 Å². The van der Waals surface area contributed by atoms with Crippen LogP contribution in [-0.4, -0.2) is 137 Å². The predicted molar refractivity (Wildman–Crippen MR) is 502 cm³/mol. The second kappa shape index (κ2) is 37.4. The summed E-state index contributed by atoms with van der Waals surface area (Å²) in [5, 5.41) is 34.5. The molecule has 9 heterocycles. The highest BCUT2D eigenvalue weighted by Gasteiger charge is 2.36. The zero-order chi connectivity index (χ0) is 88.7. The summed E-state index contributed by atoms with van der Waals surface area (Å²) in [5.74, 6) is 4.61. The molecule has 23 nitrogen and oxygen atoms in total. The molecule has 16 rings (SSSR count).